The second kappa shape index (κ2) is 15.1. The number of nitrogens with one attached hydrogen (secondary N) is 3. The number of morpholine rings is 1. The van der Waals surface area contributed by atoms with Crippen molar-refractivity contribution in [3.8, 4) is 5.75 Å². The average molecular weight is 621 g/mol. The number of epoxide rings is 1. The number of alkyl halides is 3. The van der Waals surface area contributed by atoms with Crippen LogP contribution < -0.4 is 20.7 Å². The summed E-state index contributed by atoms with van der Waals surface area (Å²) in [6.07, 6.45) is -5.44. The van der Waals surface area contributed by atoms with Crippen molar-refractivity contribution in [3.63, 3.8) is 0 Å². The molecule has 0 aromatic heterocycles. The molecule has 2 fully saturated rings. The van der Waals surface area contributed by atoms with Gasteiger partial charge in [-0.15, -0.1) is 13.2 Å². The minimum atomic E-state index is -4.87. The second-order valence-electron chi connectivity index (χ2n) is 10.6. The van der Waals surface area contributed by atoms with Gasteiger partial charge in [0, 0.05) is 19.5 Å². The van der Waals surface area contributed by atoms with Gasteiger partial charge < -0.3 is 30.2 Å². The minimum Gasteiger partial charge on any atom is -0.406 e. The van der Waals surface area contributed by atoms with Gasteiger partial charge in [-0.25, -0.2) is 0 Å². The van der Waals surface area contributed by atoms with E-state index in [0.29, 0.717) is 31.9 Å². The number of ether oxygens (including phenoxy) is 3. The number of halogens is 3. The Morgan fingerprint density at radius 1 is 0.886 bits per heavy atom. The number of ketones is 1. The van der Waals surface area contributed by atoms with Crippen molar-refractivity contribution in [1.82, 2.24) is 20.9 Å². The number of carbonyl (C=O) groups is 4. The van der Waals surface area contributed by atoms with E-state index in [4.69, 9.17) is 9.47 Å². The van der Waals surface area contributed by atoms with Gasteiger partial charge in [-0.3, -0.25) is 24.1 Å². The number of hydrogen-bond donors (Lipinski definition) is 3. The van der Waals surface area contributed by atoms with Gasteiger partial charge in [-0.2, -0.15) is 0 Å². The fraction of sp³-hybridized carbons (Fsp3) is 0.467. The quantitative estimate of drug-likeness (QED) is 0.268. The van der Waals surface area contributed by atoms with Gasteiger partial charge >= 0.3 is 6.36 Å². The summed E-state index contributed by atoms with van der Waals surface area (Å²) < 4.78 is 52.1. The van der Waals surface area contributed by atoms with Crippen LogP contribution in [0.5, 0.6) is 5.75 Å². The van der Waals surface area contributed by atoms with Crippen molar-refractivity contribution in [3.05, 3.63) is 65.7 Å². The molecule has 2 aliphatic rings. The van der Waals surface area contributed by atoms with Gasteiger partial charge in [-0.1, -0.05) is 42.5 Å². The minimum absolute atomic E-state index is 0.0732. The first-order valence-corrected chi connectivity index (χ1v) is 14.2. The van der Waals surface area contributed by atoms with Crippen LogP contribution in [0.25, 0.3) is 0 Å². The van der Waals surface area contributed by atoms with E-state index >= 15 is 0 Å². The Bertz CT molecular complexity index is 1280. The van der Waals surface area contributed by atoms with Crippen LogP contribution in [0.4, 0.5) is 13.2 Å². The van der Waals surface area contributed by atoms with Crippen molar-refractivity contribution in [1.29, 1.82) is 0 Å². The summed E-state index contributed by atoms with van der Waals surface area (Å²) in [6, 6.07) is 10.7. The molecule has 3 N–H and O–H groups in total. The van der Waals surface area contributed by atoms with Crippen LogP contribution in [0.2, 0.25) is 0 Å². The van der Waals surface area contributed by atoms with Crippen molar-refractivity contribution < 1.29 is 46.6 Å². The number of hydrogen-bond acceptors (Lipinski definition) is 8. The molecule has 2 aromatic carbocycles. The molecule has 3 amide bonds. The van der Waals surface area contributed by atoms with Crippen molar-refractivity contribution >= 4 is 23.5 Å². The zero-order valence-electron chi connectivity index (χ0n) is 24.1. The standard InChI is InChI=1S/C30H35F3N4O7/c1-19(34-26(38)17-37-11-13-42-14-12-37)28(40)36-24(16-21-7-9-22(10-8-21)44-30(31,32)33)29(41)35-23(27(39)25-18-43-25)15-20-5-3-2-4-6-20/h2-10,19,23-25H,11-18H2,1H3,(H,34,38)(H,35,41)(H,36,40)/t19?,23?,24-,25?/m0/s1. The zero-order valence-corrected chi connectivity index (χ0v) is 24.1. The van der Waals surface area contributed by atoms with E-state index in [9.17, 15) is 32.3 Å². The molecule has 3 unspecified atom stereocenters. The smallest absolute Gasteiger partial charge is 0.406 e. The first-order chi connectivity index (χ1) is 21.0. The number of Topliss-reactive ketones (excluding diaryl/α,β-unsaturated/α-hetero) is 1. The molecule has 0 saturated carbocycles. The monoisotopic (exact) mass is 620 g/mol. The second-order valence-corrected chi connectivity index (χ2v) is 10.6. The summed E-state index contributed by atoms with van der Waals surface area (Å²) >= 11 is 0. The Labute approximate surface area is 252 Å². The molecule has 4 atom stereocenters. The molecule has 0 bridgehead atoms. The molecule has 2 aromatic rings. The predicted octanol–water partition coefficient (Wildman–Crippen LogP) is 1.14. The normalized spacial score (nSPS) is 18.8. The van der Waals surface area contributed by atoms with E-state index in [-0.39, 0.29) is 37.7 Å². The number of benzene rings is 2. The van der Waals surface area contributed by atoms with Gasteiger partial charge in [0.2, 0.25) is 17.7 Å². The van der Waals surface area contributed by atoms with Crippen LogP contribution >= 0.6 is 0 Å². The molecule has 238 valence electrons. The van der Waals surface area contributed by atoms with E-state index in [1.54, 1.807) is 12.1 Å². The van der Waals surface area contributed by atoms with E-state index in [1.807, 2.05) is 23.1 Å². The molecule has 2 saturated heterocycles. The zero-order chi connectivity index (χ0) is 31.7. The summed E-state index contributed by atoms with van der Waals surface area (Å²) in [5.41, 5.74) is 1.21. The van der Waals surface area contributed by atoms with Crippen LogP contribution in [-0.4, -0.2) is 98.5 Å². The molecule has 44 heavy (non-hydrogen) atoms. The largest absolute Gasteiger partial charge is 0.573 e. The number of carbonyl (C=O) groups excluding carboxylic acids is 4. The summed E-state index contributed by atoms with van der Waals surface area (Å²) in [5.74, 6) is -2.48. The Hall–Kier alpha value is -4.01. The summed E-state index contributed by atoms with van der Waals surface area (Å²) in [6.45, 7) is 3.96. The number of nitrogens with zero attached hydrogens (tertiary/aromatic N) is 1. The highest BCUT2D eigenvalue weighted by Gasteiger charge is 2.38. The molecule has 0 radical (unpaired) electrons. The Balaban J connectivity index is 1.46. The van der Waals surface area contributed by atoms with E-state index in [2.05, 4.69) is 20.7 Å². The molecule has 2 heterocycles. The SMILES string of the molecule is CC(NC(=O)CN1CCOCC1)C(=O)N[C@@H](Cc1ccc(OC(F)(F)F)cc1)C(=O)NC(Cc1ccccc1)C(=O)C1CO1. The van der Waals surface area contributed by atoms with Gasteiger partial charge in [0.1, 0.15) is 23.9 Å². The summed E-state index contributed by atoms with van der Waals surface area (Å²) in [7, 11) is 0. The van der Waals surface area contributed by atoms with Gasteiger partial charge in [0.15, 0.2) is 5.78 Å². The lowest BCUT2D eigenvalue weighted by Gasteiger charge is -2.27. The maximum atomic E-state index is 13.6. The molecule has 2 aliphatic heterocycles. The lowest BCUT2D eigenvalue weighted by molar-refractivity contribution is -0.274. The number of amides is 3. The van der Waals surface area contributed by atoms with E-state index in [1.165, 1.54) is 19.1 Å². The fourth-order valence-corrected chi connectivity index (χ4v) is 4.67. The first-order valence-electron chi connectivity index (χ1n) is 14.2. The Morgan fingerprint density at radius 3 is 2.09 bits per heavy atom. The third-order valence-electron chi connectivity index (χ3n) is 7.06. The van der Waals surface area contributed by atoms with Crippen LogP contribution in [0.3, 0.4) is 0 Å². The molecule has 14 heteroatoms. The Morgan fingerprint density at radius 2 is 1.48 bits per heavy atom. The molecule has 0 spiro atoms. The maximum absolute atomic E-state index is 13.6. The van der Waals surface area contributed by atoms with E-state index in [0.717, 1.165) is 17.7 Å². The van der Waals surface area contributed by atoms with Gasteiger partial charge in [0.25, 0.3) is 0 Å². The third-order valence-corrected chi connectivity index (χ3v) is 7.06. The Kier molecular flexibility index (Phi) is 11.3. The molecule has 0 aliphatic carbocycles. The van der Waals surface area contributed by atoms with E-state index < -0.39 is 48.2 Å². The molecular formula is C30H35F3N4O7. The summed E-state index contributed by atoms with van der Waals surface area (Å²) in [5, 5.41) is 7.97. The maximum Gasteiger partial charge on any atom is 0.573 e. The highest BCUT2D eigenvalue weighted by atomic mass is 19.4. The molecule has 4 rings (SSSR count). The van der Waals surface area contributed by atoms with Crippen LogP contribution in [0.1, 0.15) is 18.1 Å². The van der Waals surface area contributed by atoms with Crippen molar-refractivity contribution in [2.75, 3.05) is 39.5 Å². The van der Waals surface area contributed by atoms with Crippen molar-refractivity contribution in [2.45, 2.75) is 50.4 Å². The average Bonchev–Trinajstić information content (AvgIpc) is 3.83. The fourth-order valence-electron chi connectivity index (χ4n) is 4.67. The van der Waals surface area contributed by atoms with Gasteiger partial charge in [0.05, 0.1) is 32.4 Å². The topological polar surface area (TPSA) is 139 Å². The molecule has 11 nitrogen and oxygen atoms in total. The highest BCUT2D eigenvalue weighted by Crippen LogP contribution is 2.23. The number of rotatable bonds is 14. The van der Waals surface area contributed by atoms with Gasteiger partial charge in [-0.05, 0) is 36.6 Å². The lowest BCUT2D eigenvalue weighted by atomic mass is 9.99. The molecular weight excluding hydrogens is 585 g/mol. The highest BCUT2D eigenvalue weighted by molar-refractivity contribution is 5.96. The van der Waals surface area contributed by atoms with Crippen LogP contribution in [-0.2, 0) is 41.5 Å². The third kappa shape index (κ3) is 10.6. The first kappa shape index (κ1) is 32.9. The lowest BCUT2D eigenvalue weighted by Crippen LogP contribution is -2.57. The van der Waals surface area contributed by atoms with Crippen LogP contribution in [0.15, 0.2) is 54.6 Å². The van der Waals surface area contributed by atoms with Crippen molar-refractivity contribution in [2.24, 2.45) is 0 Å². The summed E-state index contributed by atoms with van der Waals surface area (Å²) in [4.78, 5) is 54.2. The van der Waals surface area contributed by atoms with Crippen LogP contribution in [0, 0.1) is 0 Å². The predicted molar refractivity (Wildman–Crippen MR) is 150 cm³/mol.